The summed E-state index contributed by atoms with van der Waals surface area (Å²) in [6.45, 7) is 0.0107. The molecule has 12 heteroatoms. The predicted octanol–water partition coefficient (Wildman–Crippen LogP) is 1.23. The van der Waals surface area contributed by atoms with Gasteiger partial charge < -0.3 is 4.42 Å². The SMILES string of the molecule is Cn1c(=O)c2c(nc(Cl)n2Cc2nnc(-c3ccc(Cl)nc3)o2)n(C)c1=O. The van der Waals surface area contributed by atoms with Crippen LogP contribution in [0.3, 0.4) is 0 Å². The van der Waals surface area contributed by atoms with Crippen molar-refractivity contribution in [1.29, 1.82) is 0 Å². The van der Waals surface area contributed by atoms with Crippen molar-refractivity contribution in [3.63, 3.8) is 0 Å². The van der Waals surface area contributed by atoms with Crippen LogP contribution in [0.15, 0.2) is 32.3 Å². The van der Waals surface area contributed by atoms with Crippen molar-refractivity contribution < 1.29 is 4.42 Å². The molecule has 10 nitrogen and oxygen atoms in total. The molecule has 0 amide bonds. The van der Waals surface area contributed by atoms with Crippen LogP contribution in [-0.2, 0) is 20.6 Å². The van der Waals surface area contributed by atoms with Gasteiger partial charge in [-0.3, -0.25) is 18.5 Å². The Morgan fingerprint density at radius 3 is 2.59 bits per heavy atom. The molecule has 0 saturated carbocycles. The number of aromatic nitrogens is 7. The van der Waals surface area contributed by atoms with Crippen molar-refractivity contribution in [1.82, 2.24) is 33.9 Å². The number of pyridine rings is 1. The molecule has 27 heavy (non-hydrogen) atoms. The van der Waals surface area contributed by atoms with Crippen LogP contribution in [0.5, 0.6) is 0 Å². The van der Waals surface area contributed by atoms with E-state index in [1.54, 1.807) is 12.1 Å². The van der Waals surface area contributed by atoms with Crippen LogP contribution < -0.4 is 11.2 Å². The molecule has 4 aromatic heterocycles. The Morgan fingerprint density at radius 1 is 1.11 bits per heavy atom. The second kappa shape index (κ2) is 6.32. The van der Waals surface area contributed by atoms with E-state index in [1.165, 1.54) is 29.4 Å². The highest BCUT2D eigenvalue weighted by Gasteiger charge is 2.20. The summed E-state index contributed by atoms with van der Waals surface area (Å²) in [6.07, 6.45) is 1.50. The van der Waals surface area contributed by atoms with E-state index in [2.05, 4.69) is 20.2 Å². The summed E-state index contributed by atoms with van der Waals surface area (Å²) < 4.78 is 9.26. The molecule has 4 rings (SSSR count). The van der Waals surface area contributed by atoms with Gasteiger partial charge >= 0.3 is 5.69 Å². The lowest BCUT2D eigenvalue weighted by molar-refractivity contribution is 0.490. The molecular formula is C15H11Cl2N7O3. The van der Waals surface area contributed by atoms with Gasteiger partial charge in [-0.15, -0.1) is 10.2 Å². The van der Waals surface area contributed by atoms with Crippen molar-refractivity contribution >= 4 is 34.4 Å². The second-order valence-electron chi connectivity index (χ2n) is 5.72. The smallest absolute Gasteiger partial charge is 0.332 e. The van der Waals surface area contributed by atoms with Crippen LogP contribution in [0.1, 0.15) is 5.89 Å². The molecule has 4 heterocycles. The van der Waals surface area contributed by atoms with Crippen molar-refractivity contribution in [2.24, 2.45) is 14.1 Å². The maximum absolute atomic E-state index is 12.5. The number of hydrogen-bond acceptors (Lipinski definition) is 7. The summed E-state index contributed by atoms with van der Waals surface area (Å²) in [4.78, 5) is 32.6. The number of hydrogen-bond donors (Lipinski definition) is 0. The zero-order valence-electron chi connectivity index (χ0n) is 14.1. The normalized spacial score (nSPS) is 11.4. The van der Waals surface area contributed by atoms with Gasteiger partial charge in [0, 0.05) is 20.3 Å². The number of aryl methyl sites for hydroxylation is 1. The van der Waals surface area contributed by atoms with Crippen molar-refractivity contribution in [2.45, 2.75) is 6.54 Å². The Morgan fingerprint density at radius 2 is 1.89 bits per heavy atom. The summed E-state index contributed by atoms with van der Waals surface area (Å²) in [5.74, 6) is 0.451. The molecule has 0 aliphatic rings. The standard InChI is InChI=1S/C15H11Cl2N7O3/c1-22-11-10(13(25)23(2)15(22)26)24(14(17)19-11)6-9-20-21-12(27-9)7-3-4-8(16)18-5-7/h3-5H,6H2,1-2H3. The van der Waals surface area contributed by atoms with E-state index in [1.807, 2.05) is 0 Å². The molecule has 0 radical (unpaired) electrons. The van der Waals surface area contributed by atoms with Gasteiger partial charge in [-0.25, -0.2) is 9.78 Å². The Labute approximate surface area is 160 Å². The number of nitrogens with zero attached hydrogens (tertiary/aromatic N) is 7. The molecular weight excluding hydrogens is 397 g/mol. The highest BCUT2D eigenvalue weighted by atomic mass is 35.5. The predicted molar refractivity (Wildman–Crippen MR) is 96.9 cm³/mol. The summed E-state index contributed by atoms with van der Waals surface area (Å²) in [7, 11) is 2.89. The van der Waals surface area contributed by atoms with Crippen LogP contribution in [0.2, 0.25) is 10.4 Å². The van der Waals surface area contributed by atoms with Gasteiger partial charge in [0.1, 0.15) is 11.7 Å². The minimum atomic E-state index is -0.519. The van der Waals surface area contributed by atoms with Crippen LogP contribution in [0.4, 0.5) is 0 Å². The van der Waals surface area contributed by atoms with Gasteiger partial charge in [0.2, 0.25) is 17.1 Å². The molecule has 0 saturated heterocycles. The zero-order valence-corrected chi connectivity index (χ0v) is 15.6. The Balaban J connectivity index is 1.79. The first-order valence-electron chi connectivity index (χ1n) is 7.63. The van der Waals surface area contributed by atoms with Gasteiger partial charge in [-0.2, -0.15) is 4.98 Å². The topological polar surface area (TPSA) is 114 Å². The van der Waals surface area contributed by atoms with Gasteiger partial charge in [0.05, 0.1) is 5.56 Å². The van der Waals surface area contributed by atoms with Crippen LogP contribution in [0, 0.1) is 0 Å². The number of rotatable bonds is 3. The fourth-order valence-corrected chi connectivity index (χ4v) is 2.97. The lowest BCUT2D eigenvalue weighted by Crippen LogP contribution is -2.37. The maximum atomic E-state index is 12.5. The number of fused-ring (bicyclic) bond motifs is 1. The largest absolute Gasteiger partial charge is 0.419 e. The van der Waals surface area contributed by atoms with Gasteiger partial charge in [-0.05, 0) is 23.7 Å². The average Bonchev–Trinajstić information content (AvgIpc) is 3.24. The molecule has 0 N–H and O–H groups in total. The van der Waals surface area contributed by atoms with Crippen molar-refractivity contribution in [3.8, 4) is 11.5 Å². The van der Waals surface area contributed by atoms with E-state index in [0.717, 1.165) is 4.57 Å². The molecule has 0 unspecified atom stereocenters. The maximum Gasteiger partial charge on any atom is 0.332 e. The second-order valence-corrected chi connectivity index (χ2v) is 6.44. The van der Waals surface area contributed by atoms with Gasteiger partial charge in [-0.1, -0.05) is 11.6 Å². The minimum Gasteiger partial charge on any atom is -0.419 e. The fourth-order valence-electron chi connectivity index (χ4n) is 2.64. The first kappa shape index (κ1) is 17.4. The Hall–Kier alpha value is -2.98. The van der Waals surface area contributed by atoms with Crippen LogP contribution in [-0.4, -0.2) is 33.9 Å². The van der Waals surface area contributed by atoms with E-state index in [4.69, 9.17) is 27.6 Å². The summed E-state index contributed by atoms with van der Waals surface area (Å²) >= 11 is 11.9. The summed E-state index contributed by atoms with van der Waals surface area (Å²) in [6, 6.07) is 3.29. The highest BCUT2D eigenvalue weighted by molar-refractivity contribution is 6.29. The van der Waals surface area contributed by atoms with Crippen molar-refractivity contribution in [2.75, 3.05) is 0 Å². The molecule has 0 aliphatic heterocycles. The average molecular weight is 408 g/mol. The van der Waals surface area contributed by atoms with Gasteiger partial charge in [0.15, 0.2) is 11.2 Å². The molecule has 0 fully saturated rings. The minimum absolute atomic E-state index is 0.0107. The summed E-state index contributed by atoms with van der Waals surface area (Å²) in [5.41, 5.74) is -0.0800. The van der Waals surface area contributed by atoms with Crippen LogP contribution >= 0.6 is 23.2 Å². The molecule has 0 aromatic carbocycles. The monoisotopic (exact) mass is 407 g/mol. The lowest BCUT2D eigenvalue weighted by Gasteiger charge is -2.05. The lowest BCUT2D eigenvalue weighted by atomic mass is 10.3. The zero-order chi connectivity index (χ0) is 19.3. The first-order chi connectivity index (χ1) is 12.9. The first-order valence-corrected chi connectivity index (χ1v) is 8.38. The molecule has 0 bridgehead atoms. The molecule has 0 spiro atoms. The quantitative estimate of drug-likeness (QED) is 0.370. The third-order valence-electron chi connectivity index (χ3n) is 4.04. The number of halogens is 2. The van der Waals surface area contributed by atoms with Crippen LogP contribution in [0.25, 0.3) is 22.6 Å². The van der Waals surface area contributed by atoms with Crippen molar-refractivity contribution in [3.05, 3.63) is 55.5 Å². The van der Waals surface area contributed by atoms with Gasteiger partial charge in [0.25, 0.3) is 5.56 Å². The molecule has 0 aliphatic carbocycles. The molecule has 0 atom stereocenters. The Bertz CT molecular complexity index is 1280. The van der Waals surface area contributed by atoms with E-state index in [9.17, 15) is 9.59 Å². The third kappa shape index (κ3) is 2.82. The van der Waals surface area contributed by atoms with E-state index in [-0.39, 0.29) is 34.8 Å². The van der Waals surface area contributed by atoms with E-state index >= 15 is 0 Å². The number of imidazole rings is 1. The highest BCUT2D eigenvalue weighted by Crippen LogP contribution is 2.21. The molecule has 4 aromatic rings. The van der Waals surface area contributed by atoms with E-state index in [0.29, 0.717) is 10.7 Å². The summed E-state index contributed by atoms with van der Waals surface area (Å²) in [5, 5.41) is 8.30. The Kier molecular flexibility index (Phi) is 4.08. The molecule has 138 valence electrons. The van der Waals surface area contributed by atoms with E-state index < -0.39 is 11.2 Å². The fraction of sp³-hybridized carbons (Fsp3) is 0.200. The third-order valence-corrected chi connectivity index (χ3v) is 4.55.